The molecule has 0 bridgehead atoms. The van der Waals surface area contributed by atoms with Crippen molar-refractivity contribution in [3.63, 3.8) is 0 Å². The van der Waals surface area contributed by atoms with Gasteiger partial charge in [-0.15, -0.1) is 0 Å². The molecular weight excluding hydrogens is 174 g/mol. The zero-order chi connectivity index (χ0) is 8.39. The summed E-state index contributed by atoms with van der Waals surface area (Å²) in [4.78, 5) is 5.15. The first-order chi connectivity index (χ1) is 5.86. The molecular formula is C9H8ClNO. The van der Waals surface area contributed by atoms with E-state index in [0.717, 1.165) is 22.9 Å². The van der Waals surface area contributed by atoms with Crippen molar-refractivity contribution in [2.75, 3.05) is 6.54 Å². The van der Waals surface area contributed by atoms with Gasteiger partial charge in [-0.1, -0.05) is 11.6 Å². The molecule has 0 radical (unpaired) electrons. The van der Waals surface area contributed by atoms with E-state index in [4.69, 9.17) is 16.4 Å². The van der Waals surface area contributed by atoms with Crippen LogP contribution in [0.2, 0.25) is 5.02 Å². The second-order valence-electron chi connectivity index (χ2n) is 2.53. The van der Waals surface area contributed by atoms with Gasteiger partial charge in [-0.05, 0) is 30.3 Å². The number of hydrogen-bond acceptors (Lipinski definition) is 2. The molecule has 1 aromatic carbocycles. The predicted octanol–water partition coefficient (Wildman–Crippen LogP) is 2.22. The lowest BCUT2D eigenvalue weighted by atomic mass is 10.2. The van der Waals surface area contributed by atoms with E-state index in [-0.39, 0.29) is 0 Å². The van der Waals surface area contributed by atoms with Crippen LogP contribution < -0.4 is 5.48 Å². The summed E-state index contributed by atoms with van der Waals surface area (Å²) in [6.45, 7) is 0.762. The Kier molecular flexibility index (Phi) is 2.02. The van der Waals surface area contributed by atoms with Gasteiger partial charge in [0.05, 0.1) is 6.54 Å². The molecule has 0 saturated heterocycles. The second kappa shape index (κ2) is 3.17. The normalized spacial score (nSPS) is 15.6. The van der Waals surface area contributed by atoms with Gasteiger partial charge in [0.2, 0.25) is 0 Å². The van der Waals surface area contributed by atoms with Gasteiger partial charge in [-0.25, -0.2) is 0 Å². The van der Waals surface area contributed by atoms with E-state index < -0.39 is 0 Å². The zero-order valence-electron chi connectivity index (χ0n) is 6.38. The number of hydrogen-bond donors (Lipinski definition) is 1. The van der Waals surface area contributed by atoms with Crippen LogP contribution in [-0.4, -0.2) is 6.54 Å². The first kappa shape index (κ1) is 7.65. The monoisotopic (exact) mass is 181 g/mol. The van der Waals surface area contributed by atoms with Gasteiger partial charge >= 0.3 is 0 Å². The number of halogens is 1. The van der Waals surface area contributed by atoms with E-state index in [1.165, 1.54) is 0 Å². The molecule has 0 spiro atoms. The van der Waals surface area contributed by atoms with Crippen LogP contribution in [0.1, 0.15) is 5.56 Å². The fourth-order valence-electron chi connectivity index (χ4n) is 1.09. The first-order valence-corrected chi connectivity index (χ1v) is 4.10. The fraction of sp³-hybridized carbons (Fsp3) is 0.111. The van der Waals surface area contributed by atoms with Gasteiger partial charge < -0.3 is 4.84 Å². The molecule has 0 amide bonds. The van der Waals surface area contributed by atoms with E-state index in [9.17, 15) is 0 Å². The molecule has 62 valence electrons. The standard InChI is InChI=1S/C9H8ClNO/c10-8-3-1-7(2-4-8)9-5-6-11-12-9/h1-5,11H,6H2. The van der Waals surface area contributed by atoms with Gasteiger partial charge in [-0.3, -0.25) is 0 Å². The summed E-state index contributed by atoms with van der Waals surface area (Å²) in [5.74, 6) is 0.867. The van der Waals surface area contributed by atoms with Crippen molar-refractivity contribution in [3.8, 4) is 0 Å². The van der Waals surface area contributed by atoms with E-state index in [2.05, 4.69) is 5.48 Å². The van der Waals surface area contributed by atoms with E-state index in [0.29, 0.717) is 0 Å². The van der Waals surface area contributed by atoms with E-state index in [1.54, 1.807) is 0 Å². The van der Waals surface area contributed by atoms with E-state index in [1.807, 2.05) is 30.3 Å². The predicted molar refractivity (Wildman–Crippen MR) is 48.5 cm³/mol. The molecule has 12 heavy (non-hydrogen) atoms. The highest BCUT2D eigenvalue weighted by atomic mass is 35.5. The summed E-state index contributed by atoms with van der Waals surface area (Å²) in [6, 6.07) is 7.56. The lowest BCUT2D eigenvalue weighted by Crippen LogP contribution is -2.04. The Morgan fingerprint density at radius 1 is 1.25 bits per heavy atom. The SMILES string of the molecule is Clc1ccc(C2=CCNO2)cc1. The topological polar surface area (TPSA) is 21.3 Å². The highest BCUT2D eigenvalue weighted by Crippen LogP contribution is 2.19. The third-order valence-corrected chi connectivity index (χ3v) is 1.93. The molecule has 0 aromatic heterocycles. The fourth-order valence-corrected chi connectivity index (χ4v) is 1.21. The minimum Gasteiger partial charge on any atom is -0.408 e. The molecule has 2 rings (SSSR count). The Morgan fingerprint density at radius 2 is 2.00 bits per heavy atom. The van der Waals surface area contributed by atoms with Gasteiger partial charge in [0.15, 0.2) is 5.76 Å². The molecule has 0 atom stereocenters. The molecule has 0 aliphatic carbocycles. The van der Waals surface area contributed by atoms with Gasteiger partial charge in [0, 0.05) is 10.6 Å². The number of benzene rings is 1. The Labute approximate surface area is 75.8 Å². The van der Waals surface area contributed by atoms with Crippen molar-refractivity contribution in [2.24, 2.45) is 0 Å². The van der Waals surface area contributed by atoms with Crippen LogP contribution in [0.25, 0.3) is 5.76 Å². The summed E-state index contributed by atoms with van der Waals surface area (Å²) >= 11 is 5.74. The van der Waals surface area contributed by atoms with E-state index >= 15 is 0 Å². The molecule has 1 heterocycles. The summed E-state index contributed by atoms with van der Waals surface area (Å²) in [5.41, 5.74) is 3.81. The van der Waals surface area contributed by atoms with Crippen LogP contribution >= 0.6 is 11.6 Å². The maximum atomic E-state index is 5.74. The minimum atomic E-state index is 0.741. The Bertz CT molecular complexity index is 305. The van der Waals surface area contributed by atoms with Crippen molar-refractivity contribution in [2.45, 2.75) is 0 Å². The van der Waals surface area contributed by atoms with Crippen molar-refractivity contribution in [3.05, 3.63) is 40.9 Å². The molecule has 1 aliphatic heterocycles. The average molecular weight is 182 g/mol. The van der Waals surface area contributed by atoms with Gasteiger partial charge in [0.25, 0.3) is 0 Å². The Balaban J connectivity index is 2.28. The molecule has 0 fully saturated rings. The summed E-state index contributed by atoms with van der Waals surface area (Å²) in [7, 11) is 0. The van der Waals surface area contributed by atoms with Gasteiger partial charge in [-0.2, -0.15) is 5.48 Å². The highest BCUT2D eigenvalue weighted by molar-refractivity contribution is 6.30. The summed E-state index contributed by atoms with van der Waals surface area (Å²) in [5, 5.41) is 0.741. The van der Waals surface area contributed by atoms with Crippen LogP contribution in [0.4, 0.5) is 0 Å². The number of rotatable bonds is 1. The maximum absolute atomic E-state index is 5.74. The van der Waals surface area contributed by atoms with Crippen LogP contribution in [0.3, 0.4) is 0 Å². The summed E-state index contributed by atoms with van der Waals surface area (Å²) in [6.07, 6.45) is 1.99. The van der Waals surface area contributed by atoms with Crippen LogP contribution in [0, 0.1) is 0 Å². The first-order valence-electron chi connectivity index (χ1n) is 3.72. The largest absolute Gasteiger partial charge is 0.408 e. The van der Waals surface area contributed by atoms with Crippen LogP contribution in [-0.2, 0) is 4.84 Å². The second-order valence-corrected chi connectivity index (χ2v) is 2.96. The smallest absolute Gasteiger partial charge is 0.151 e. The third-order valence-electron chi connectivity index (χ3n) is 1.68. The van der Waals surface area contributed by atoms with Crippen LogP contribution in [0.5, 0.6) is 0 Å². The molecule has 1 N–H and O–H groups in total. The van der Waals surface area contributed by atoms with Crippen molar-refractivity contribution >= 4 is 17.4 Å². The molecule has 2 nitrogen and oxygen atoms in total. The molecule has 0 saturated carbocycles. The highest BCUT2D eigenvalue weighted by Gasteiger charge is 2.06. The lowest BCUT2D eigenvalue weighted by Gasteiger charge is -2.01. The Hall–Kier alpha value is -0.990. The zero-order valence-corrected chi connectivity index (χ0v) is 7.14. The molecule has 1 aromatic rings. The average Bonchev–Trinajstić information content (AvgIpc) is 2.58. The minimum absolute atomic E-state index is 0.741. The quantitative estimate of drug-likeness (QED) is 0.718. The number of hydroxylamine groups is 1. The third kappa shape index (κ3) is 1.44. The number of nitrogens with one attached hydrogen (secondary N) is 1. The van der Waals surface area contributed by atoms with Gasteiger partial charge in [0.1, 0.15) is 0 Å². The maximum Gasteiger partial charge on any atom is 0.151 e. The molecule has 0 unspecified atom stereocenters. The lowest BCUT2D eigenvalue weighted by molar-refractivity contribution is 0.191. The van der Waals surface area contributed by atoms with Crippen molar-refractivity contribution < 1.29 is 4.84 Å². The molecule has 3 heteroatoms. The Morgan fingerprint density at radius 3 is 2.58 bits per heavy atom. The molecule has 1 aliphatic rings. The van der Waals surface area contributed by atoms with Crippen molar-refractivity contribution in [1.82, 2.24) is 5.48 Å². The summed E-state index contributed by atoms with van der Waals surface area (Å²) < 4.78 is 0. The van der Waals surface area contributed by atoms with Crippen molar-refractivity contribution in [1.29, 1.82) is 0 Å². The van der Waals surface area contributed by atoms with Crippen LogP contribution in [0.15, 0.2) is 30.3 Å².